The fourth-order valence-corrected chi connectivity index (χ4v) is 2.10. The van der Waals surface area contributed by atoms with Crippen LogP contribution in [0.5, 0.6) is 0 Å². The molecule has 2 aromatic heterocycles. The number of benzene rings is 1. The first-order valence-corrected chi connectivity index (χ1v) is 6.71. The number of H-pyrrole nitrogens is 1. The largest absolute Gasteiger partial charge is 0.454 e. The molecule has 118 valence electrons. The normalized spacial score (nSPS) is 10.8. The Kier molecular flexibility index (Phi) is 3.75. The highest BCUT2D eigenvalue weighted by atomic mass is 16.6. The van der Waals surface area contributed by atoms with Crippen molar-refractivity contribution in [3.05, 3.63) is 56.7 Å². The van der Waals surface area contributed by atoms with Crippen LogP contribution in [0.2, 0.25) is 0 Å². The Bertz CT molecular complexity index is 984. The second kappa shape index (κ2) is 5.87. The summed E-state index contributed by atoms with van der Waals surface area (Å²) >= 11 is 0. The lowest BCUT2D eigenvalue weighted by Crippen LogP contribution is -2.38. The van der Waals surface area contributed by atoms with Gasteiger partial charge in [0.2, 0.25) is 0 Å². The molecular formula is C14H12N4O5. The van der Waals surface area contributed by atoms with Gasteiger partial charge in [-0.15, -0.1) is 0 Å². The number of aromatic nitrogens is 4. The van der Waals surface area contributed by atoms with Crippen molar-refractivity contribution in [2.45, 2.75) is 20.1 Å². The molecule has 0 unspecified atom stereocenters. The summed E-state index contributed by atoms with van der Waals surface area (Å²) in [5, 5.41) is 3.57. The average molecular weight is 316 g/mol. The van der Waals surface area contributed by atoms with E-state index >= 15 is 0 Å². The summed E-state index contributed by atoms with van der Waals surface area (Å²) in [7, 11) is 0. The Hall–Kier alpha value is -3.23. The molecule has 2 heterocycles. The molecule has 0 aliphatic heterocycles. The van der Waals surface area contributed by atoms with Crippen LogP contribution in [0, 0.1) is 6.92 Å². The molecule has 0 fully saturated rings. The first-order valence-electron chi connectivity index (χ1n) is 6.71. The molecule has 0 radical (unpaired) electrons. The number of carbonyl (C=O) groups is 1. The molecule has 0 bridgehead atoms. The molecule has 23 heavy (non-hydrogen) atoms. The van der Waals surface area contributed by atoms with E-state index in [1.54, 1.807) is 31.2 Å². The van der Waals surface area contributed by atoms with Crippen molar-refractivity contribution >= 4 is 17.0 Å². The van der Waals surface area contributed by atoms with Gasteiger partial charge in [-0.05, 0) is 19.1 Å². The van der Waals surface area contributed by atoms with Crippen LogP contribution in [0.3, 0.4) is 0 Å². The molecule has 0 spiro atoms. The van der Waals surface area contributed by atoms with Gasteiger partial charge in [-0.1, -0.05) is 17.3 Å². The fraction of sp³-hybridized carbons (Fsp3) is 0.214. The smallest absolute Gasteiger partial charge is 0.326 e. The molecule has 9 heteroatoms. The van der Waals surface area contributed by atoms with Crippen LogP contribution in [-0.2, 0) is 22.7 Å². The maximum absolute atomic E-state index is 12.0. The van der Waals surface area contributed by atoms with Gasteiger partial charge in [0.05, 0.1) is 11.0 Å². The van der Waals surface area contributed by atoms with E-state index in [1.807, 2.05) is 0 Å². The SMILES string of the molecule is Cc1noc(COC(=O)Cn2c(=O)c(=O)[nH]c3ccccc32)n1. The fourth-order valence-electron chi connectivity index (χ4n) is 2.10. The Morgan fingerprint density at radius 3 is 2.87 bits per heavy atom. The molecule has 0 saturated heterocycles. The molecule has 0 saturated carbocycles. The number of nitrogens with zero attached hydrogens (tertiary/aromatic N) is 3. The monoisotopic (exact) mass is 316 g/mol. The van der Waals surface area contributed by atoms with Gasteiger partial charge in [0.1, 0.15) is 6.54 Å². The van der Waals surface area contributed by atoms with Gasteiger partial charge in [-0.2, -0.15) is 4.98 Å². The van der Waals surface area contributed by atoms with Crippen LogP contribution in [0.4, 0.5) is 0 Å². The number of para-hydroxylation sites is 2. The summed E-state index contributed by atoms with van der Waals surface area (Å²) in [6, 6.07) is 6.67. The van der Waals surface area contributed by atoms with E-state index in [0.717, 1.165) is 4.57 Å². The standard InChI is InChI=1S/C14H12N4O5/c1-8-15-11(23-17-8)7-22-12(19)6-18-10-5-3-2-4-9(10)16-13(20)14(18)21/h2-5H,6-7H2,1H3,(H,16,20). The number of aromatic amines is 1. The number of esters is 1. The van der Waals surface area contributed by atoms with Crippen LogP contribution in [0.1, 0.15) is 11.7 Å². The summed E-state index contributed by atoms with van der Waals surface area (Å²) in [4.78, 5) is 41.9. The van der Waals surface area contributed by atoms with Gasteiger partial charge in [0.25, 0.3) is 5.89 Å². The summed E-state index contributed by atoms with van der Waals surface area (Å²) in [6.07, 6.45) is 0. The maximum atomic E-state index is 12.0. The lowest BCUT2D eigenvalue weighted by Gasteiger charge is -2.08. The van der Waals surface area contributed by atoms with E-state index in [-0.39, 0.29) is 12.5 Å². The van der Waals surface area contributed by atoms with Crippen molar-refractivity contribution in [1.82, 2.24) is 19.7 Å². The van der Waals surface area contributed by atoms with Crippen molar-refractivity contribution in [2.75, 3.05) is 0 Å². The lowest BCUT2D eigenvalue weighted by atomic mass is 10.3. The van der Waals surface area contributed by atoms with E-state index < -0.39 is 23.6 Å². The van der Waals surface area contributed by atoms with Crippen LogP contribution in [0.25, 0.3) is 11.0 Å². The van der Waals surface area contributed by atoms with Crippen molar-refractivity contribution < 1.29 is 14.1 Å². The van der Waals surface area contributed by atoms with E-state index in [9.17, 15) is 14.4 Å². The van der Waals surface area contributed by atoms with Gasteiger partial charge in [0.15, 0.2) is 12.4 Å². The Labute approximate surface area is 128 Å². The highest BCUT2D eigenvalue weighted by Crippen LogP contribution is 2.07. The third kappa shape index (κ3) is 3.03. The Morgan fingerprint density at radius 1 is 1.35 bits per heavy atom. The van der Waals surface area contributed by atoms with Crippen LogP contribution in [0.15, 0.2) is 38.4 Å². The van der Waals surface area contributed by atoms with E-state index in [2.05, 4.69) is 15.1 Å². The summed E-state index contributed by atoms with van der Waals surface area (Å²) in [6.45, 7) is 1.04. The maximum Gasteiger partial charge on any atom is 0.326 e. The number of aryl methyl sites for hydroxylation is 1. The zero-order valence-electron chi connectivity index (χ0n) is 12.1. The van der Waals surface area contributed by atoms with Crippen molar-refractivity contribution in [2.24, 2.45) is 0 Å². The summed E-state index contributed by atoms with van der Waals surface area (Å²) < 4.78 is 10.9. The minimum Gasteiger partial charge on any atom is -0.454 e. The number of ether oxygens (including phenoxy) is 1. The zero-order valence-corrected chi connectivity index (χ0v) is 12.1. The molecule has 0 amide bonds. The molecule has 3 rings (SSSR count). The minimum atomic E-state index is -0.825. The van der Waals surface area contributed by atoms with Gasteiger partial charge in [-0.25, -0.2) is 0 Å². The first kappa shape index (κ1) is 14.7. The molecule has 9 nitrogen and oxygen atoms in total. The predicted octanol–water partition coefficient (Wildman–Crippen LogP) is 0.125. The molecule has 0 atom stereocenters. The quantitative estimate of drug-likeness (QED) is 0.536. The van der Waals surface area contributed by atoms with Crippen LogP contribution < -0.4 is 11.1 Å². The highest BCUT2D eigenvalue weighted by molar-refractivity contribution is 5.77. The summed E-state index contributed by atoms with van der Waals surface area (Å²) in [5.41, 5.74) is -0.738. The molecule has 3 aromatic rings. The van der Waals surface area contributed by atoms with Gasteiger partial charge in [0, 0.05) is 0 Å². The topological polar surface area (TPSA) is 120 Å². The lowest BCUT2D eigenvalue weighted by molar-refractivity contribution is -0.146. The first-order chi connectivity index (χ1) is 11.0. The highest BCUT2D eigenvalue weighted by Gasteiger charge is 2.13. The third-order valence-corrected chi connectivity index (χ3v) is 3.10. The van der Waals surface area contributed by atoms with Gasteiger partial charge in [-0.3, -0.25) is 19.0 Å². The number of hydrogen-bond acceptors (Lipinski definition) is 7. The zero-order chi connectivity index (χ0) is 16.4. The van der Waals surface area contributed by atoms with Crippen LogP contribution >= 0.6 is 0 Å². The number of hydrogen-bond donors (Lipinski definition) is 1. The number of fused-ring (bicyclic) bond motifs is 1. The molecule has 0 aliphatic rings. The van der Waals surface area contributed by atoms with Gasteiger partial charge >= 0.3 is 17.1 Å². The van der Waals surface area contributed by atoms with E-state index in [0.29, 0.717) is 16.9 Å². The predicted molar refractivity (Wildman–Crippen MR) is 77.7 cm³/mol. The van der Waals surface area contributed by atoms with Crippen molar-refractivity contribution in [3.8, 4) is 0 Å². The third-order valence-electron chi connectivity index (χ3n) is 3.10. The Morgan fingerprint density at radius 2 is 2.13 bits per heavy atom. The van der Waals surface area contributed by atoms with Gasteiger partial charge < -0.3 is 14.2 Å². The van der Waals surface area contributed by atoms with Crippen molar-refractivity contribution in [3.63, 3.8) is 0 Å². The molecular weight excluding hydrogens is 304 g/mol. The number of carbonyl (C=O) groups excluding carboxylic acids is 1. The number of rotatable bonds is 4. The summed E-state index contributed by atoms with van der Waals surface area (Å²) in [5.74, 6) is -0.120. The van der Waals surface area contributed by atoms with E-state index in [4.69, 9.17) is 9.26 Å². The Balaban J connectivity index is 1.83. The molecule has 1 aromatic carbocycles. The number of nitrogens with one attached hydrogen (secondary N) is 1. The second-order valence-corrected chi connectivity index (χ2v) is 4.76. The minimum absolute atomic E-state index is 0.152. The van der Waals surface area contributed by atoms with E-state index in [1.165, 1.54) is 0 Å². The average Bonchev–Trinajstić information content (AvgIpc) is 2.95. The van der Waals surface area contributed by atoms with Crippen molar-refractivity contribution in [1.29, 1.82) is 0 Å². The molecule has 1 N–H and O–H groups in total. The second-order valence-electron chi connectivity index (χ2n) is 4.76. The van der Waals surface area contributed by atoms with Crippen LogP contribution in [-0.4, -0.2) is 25.7 Å². The molecule has 0 aliphatic carbocycles.